The SMILES string of the molecule is O=C(c1cc(Cl)ccc1F)N1CCN(C2CCS(=O)(=O)C2)CC1. The van der Waals surface area contributed by atoms with Gasteiger partial charge >= 0.3 is 0 Å². The van der Waals surface area contributed by atoms with Gasteiger partial charge in [-0.05, 0) is 24.6 Å². The fourth-order valence-corrected chi connectivity index (χ4v) is 5.12. The third-order valence-corrected chi connectivity index (χ3v) is 6.47. The van der Waals surface area contributed by atoms with Crippen LogP contribution in [-0.2, 0) is 9.84 Å². The van der Waals surface area contributed by atoms with Crippen LogP contribution in [0.15, 0.2) is 18.2 Å². The van der Waals surface area contributed by atoms with Crippen LogP contribution in [0, 0.1) is 5.82 Å². The topological polar surface area (TPSA) is 57.7 Å². The Bertz CT molecular complexity index is 717. The van der Waals surface area contributed by atoms with Gasteiger partial charge in [0.05, 0.1) is 17.1 Å². The number of amides is 1. The zero-order valence-corrected chi connectivity index (χ0v) is 14.1. The number of piperazine rings is 1. The molecule has 2 aliphatic heterocycles. The van der Waals surface area contributed by atoms with Crippen LogP contribution in [0.25, 0.3) is 0 Å². The first-order valence-electron chi connectivity index (χ1n) is 7.54. The van der Waals surface area contributed by atoms with E-state index in [9.17, 15) is 17.6 Å². The van der Waals surface area contributed by atoms with Crippen LogP contribution in [0.5, 0.6) is 0 Å². The van der Waals surface area contributed by atoms with Gasteiger partial charge in [-0.2, -0.15) is 0 Å². The third-order valence-electron chi connectivity index (χ3n) is 4.49. The largest absolute Gasteiger partial charge is 0.336 e. The molecule has 1 aromatic rings. The predicted molar refractivity (Wildman–Crippen MR) is 85.9 cm³/mol. The summed E-state index contributed by atoms with van der Waals surface area (Å²) in [6.07, 6.45) is 0.652. The number of carbonyl (C=O) groups excluding carboxylic acids is 1. The van der Waals surface area contributed by atoms with Crippen molar-refractivity contribution >= 4 is 27.3 Å². The van der Waals surface area contributed by atoms with Crippen LogP contribution in [0.1, 0.15) is 16.8 Å². The molecule has 0 spiro atoms. The summed E-state index contributed by atoms with van der Waals surface area (Å²) >= 11 is 5.83. The molecular formula is C15H18ClFN2O3S. The Labute approximate surface area is 139 Å². The highest BCUT2D eigenvalue weighted by atomic mass is 35.5. The number of nitrogens with zero attached hydrogens (tertiary/aromatic N) is 2. The molecule has 1 amide bonds. The fraction of sp³-hybridized carbons (Fsp3) is 0.533. The highest BCUT2D eigenvalue weighted by Crippen LogP contribution is 2.21. The van der Waals surface area contributed by atoms with E-state index in [0.29, 0.717) is 37.6 Å². The quantitative estimate of drug-likeness (QED) is 0.800. The van der Waals surface area contributed by atoms with E-state index in [1.807, 2.05) is 0 Å². The lowest BCUT2D eigenvalue weighted by Gasteiger charge is -2.37. The van der Waals surface area contributed by atoms with Crippen molar-refractivity contribution in [1.82, 2.24) is 9.80 Å². The first-order valence-corrected chi connectivity index (χ1v) is 9.74. The molecule has 3 rings (SSSR count). The molecule has 23 heavy (non-hydrogen) atoms. The molecule has 0 bridgehead atoms. The molecule has 2 aliphatic rings. The van der Waals surface area contributed by atoms with Gasteiger partial charge in [0.15, 0.2) is 9.84 Å². The van der Waals surface area contributed by atoms with Gasteiger partial charge in [-0.25, -0.2) is 12.8 Å². The summed E-state index contributed by atoms with van der Waals surface area (Å²) in [4.78, 5) is 16.1. The van der Waals surface area contributed by atoms with Crippen LogP contribution in [0.3, 0.4) is 0 Å². The minimum absolute atomic E-state index is 0.0191. The highest BCUT2D eigenvalue weighted by Gasteiger charge is 2.34. The number of benzene rings is 1. The summed E-state index contributed by atoms with van der Waals surface area (Å²) in [6, 6.07) is 3.98. The van der Waals surface area contributed by atoms with E-state index in [-0.39, 0.29) is 29.0 Å². The van der Waals surface area contributed by atoms with Crippen molar-refractivity contribution in [3.8, 4) is 0 Å². The lowest BCUT2D eigenvalue weighted by molar-refractivity contribution is 0.0583. The molecule has 0 aliphatic carbocycles. The lowest BCUT2D eigenvalue weighted by atomic mass is 10.1. The lowest BCUT2D eigenvalue weighted by Crippen LogP contribution is -2.52. The Morgan fingerprint density at radius 3 is 2.52 bits per heavy atom. The van der Waals surface area contributed by atoms with E-state index in [1.54, 1.807) is 4.90 Å². The average Bonchev–Trinajstić information content (AvgIpc) is 2.89. The maximum Gasteiger partial charge on any atom is 0.256 e. The molecule has 0 radical (unpaired) electrons. The second kappa shape index (κ2) is 6.37. The number of hydrogen-bond acceptors (Lipinski definition) is 4. The number of halogens is 2. The van der Waals surface area contributed by atoms with Gasteiger partial charge in [0.2, 0.25) is 0 Å². The molecule has 1 unspecified atom stereocenters. The summed E-state index contributed by atoms with van der Waals surface area (Å²) in [5.74, 6) is -0.513. The van der Waals surface area contributed by atoms with Crippen molar-refractivity contribution in [2.75, 3.05) is 37.7 Å². The van der Waals surface area contributed by atoms with Gasteiger partial charge in [-0.1, -0.05) is 11.6 Å². The maximum atomic E-state index is 13.8. The van der Waals surface area contributed by atoms with E-state index in [1.165, 1.54) is 18.2 Å². The van der Waals surface area contributed by atoms with Crippen molar-refractivity contribution < 1.29 is 17.6 Å². The second-order valence-electron chi connectivity index (χ2n) is 6.01. The van der Waals surface area contributed by atoms with Crippen molar-refractivity contribution in [2.45, 2.75) is 12.5 Å². The van der Waals surface area contributed by atoms with E-state index in [4.69, 9.17) is 11.6 Å². The van der Waals surface area contributed by atoms with Crippen molar-refractivity contribution in [2.24, 2.45) is 0 Å². The van der Waals surface area contributed by atoms with E-state index >= 15 is 0 Å². The minimum atomic E-state index is -2.91. The summed E-state index contributed by atoms with van der Waals surface area (Å²) < 4.78 is 36.9. The molecule has 2 heterocycles. The van der Waals surface area contributed by atoms with Crippen molar-refractivity contribution in [3.63, 3.8) is 0 Å². The third kappa shape index (κ3) is 3.67. The van der Waals surface area contributed by atoms with Crippen LogP contribution in [0.4, 0.5) is 4.39 Å². The Morgan fingerprint density at radius 2 is 1.91 bits per heavy atom. The summed E-state index contributed by atoms with van der Waals surface area (Å²) in [7, 11) is -2.91. The molecule has 8 heteroatoms. The smallest absolute Gasteiger partial charge is 0.256 e. The number of hydrogen-bond donors (Lipinski definition) is 0. The summed E-state index contributed by atoms with van der Waals surface area (Å²) in [5.41, 5.74) is -0.0191. The Kier molecular flexibility index (Phi) is 4.62. The number of rotatable bonds is 2. The first kappa shape index (κ1) is 16.7. The number of sulfone groups is 1. The summed E-state index contributed by atoms with van der Waals surface area (Å²) in [6.45, 7) is 2.13. The second-order valence-corrected chi connectivity index (χ2v) is 8.67. The molecule has 126 valence electrons. The monoisotopic (exact) mass is 360 g/mol. The first-order chi connectivity index (χ1) is 10.9. The molecule has 0 aromatic heterocycles. The minimum Gasteiger partial charge on any atom is -0.336 e. The van der Waals surface area contributed by atoms with Gasteiger partial charge in [-0.15, -0.1) is 0 Å². The van der Waals surface area contributed by atoms with E-state index in [2.05, 4.69) is 4.90 Å². The molecule has 0 saturated carbocycles. The zero-order chi connectivity index (χ0) is 16.6. The summed E-state index contributed by atoms with van der Waals surface area (Å²) in [5, 5.41) is 0.324. The molecule has 2 fully saturated rings. The standard InChI is InChI=1S/C15H18ClFN2O3S/c16-11-1-2-14(17)13(9-11)15(20)19-6-4-18(5-7-19)12-3-8-23(21,22)10-12/h1-2,9,12H,3-8,10H2. The van der Waals surface area contributed by atoms with E-state index in [0.717, 1.165) is 0 Å². The van der Waals surface area contributed by atoms with Crippen LogP contribution < -0.4 is 0 Å². The number of carbonyl (C=O) groups is 1. The van der Waals surface area contributed by atoms with Gasteiger partial charge in [0.1, 0.15) is 5.82 Å². The highest BCUT2D eigenvalue weighted by molar-refractivity contribution is 7.91. The molecule has 2 saturated heterocycles. The average molecular weight is 361 g/mol. The molecule has 5 nitrogen and oxygen atoms in total. The van der Waals surface area contributed by atoms with Crippen LogP contribution in [-0.4, -0.2) is 67.9 Å². The molecule has 1 aromatic carbocycles. The maximum absolute atomic E-state index is 13.8. The Morgan fingerprint density at radius 1 is 1.22 bits per heavy atom. The Hall–Kier alpha value is -1.18. The van der Waals surface area contributed by atoms with Crippen LogP contribution in [0.2, 0.25) is 5.02 Å². The van der Waals surface area contributed by atoms with E-state index < -0.39 is 15.7 Å². The van der Waals surface area contributed by atoms with Gasteiger partial charge in [-0.3, -0.25) is 9.69 Å². The predicted octanol–water partition coefficient (Wildman–Crippen LogP) is 1.42. The van der Waals surface area contributed by atoms with Gasteiger partial charge < -0.3 is 4.90 Å². The molecule has 0 N–H and O–H groups in total. The van der Waals surface area contributed by atoms with Crippen molar-refractivity contribution in [3.05, 3.63) is 34.6 Å². The van der Waals surface area contributed by atoms with Gasteiger partial charge in [0, 0.05) is 37.2 Å². The molecule has 1 atom stereocenters. The molecular weight excluding hydrogens is 343 g/mol. The fourth-order valence-electron chi connectivity index (χ4n) is 3.19. The Balaban J connectivity index is 1.63. The van der Waals surface area contributed by atoms with Crippen molar-refractivity contribution in [1.29, 1.82) is 0 Å². The van der Waals surface area contributed by atoms with Gasteiger partial charge in [0.25, 0.3) is 5.91 Å². The normalized spacial score (nSPS) is 24.8. The van der Waals surface area contributed by atoms with Crippen LogP contribution >= 0.6 is 11.6 Å². The zero-order valence-electron chi connectivity index (χ0n) is 12.5.